The predicted octanol–water partition coefficient (Wildman–Crippen LogP) is 4.33. The Hall–Kier alpha value is -2.68. The lowest BCUT2D eigenvalue weighted by Gasteiger charge is -2.40. The summed E-state index contributed by atoms with van der Waals surface area (Å²) in [5, 5.41) is 2.10. The van der Waals surface area contributed by atoms with Crippen LogP contribution in [0.2, 0.25) is 0 Å². The number of benzene rings is 2. The number of ether oxygens (including phenoxy) is 1. The summed E-state index contributed by atoms with van der Waals surface area (Å²) in [6.07, 6.45) is 2.20. The van der Waals surface area contributed by atoms with Crippen molar-refractivity contribution in [1.29, 1.82) is 0 Å². The molecule has 3 heterocycles. The van der Waals surface area contributed by atoms with Gasteiger partial charge in [-0.3, -0.25) is 4.79 Å². The summed E-state index contributed by atoms with van der Waals surface area (Å²) in [7, 11) is -2.13. The average molecular weight is 497 g/mol. The van der Waals surface area contributed by atoms with Crippen molar-refractivity contribution in [1.82, 2.24) is 9.21 Å². The van der Waals surface area contributed by atoms with Gasteiger partial charge in [0.25, 0.3) is 0 Å². The van der Waals surface area contributed by atoms with Gasteiger partial charge in [-0.1, -0.05) is 30.3 Å². The molecule has 2 atom stereocenters. The van der Waals surface area contributed by atoms with Crippen molar-refractivity contribution >= 4 is 27.3 Å². The molecule has 0 bridgehead atoms. The molecule has 3 aromatic rings. The maximum Gasteiger partial charge on any atom is 0.243 e. The standard InChI is InChI=1S/C26H28N2O4S2/c1-32-21-9-11-22(12-10-21)34(30,31)27-15-5-8-20(18-27)26(29)28-16-13-24-23(14-17-33-24)25(28)19-6-3-2-4-7-19/h2-4,6-7,9-12,14,17,20,25H,5,8,13,15-16,18H2,1H3. The highest BCUT2D eigenvalue weighted by atomic mass is 32.2. The smallest absolute Gasteiger partial charge is 0.243 e. The molecule has 0 aliphatic carbocycles. The van der Waals surface area contributed by atoms with Gasteiger partial charge in [0.2, 0.25) is 15.9 Å². The van der Waals surface area contributed by atoms with E-state index < -0.39 is 10.0 Å². The molecule has 2 unspecified atom stereocenters. The average Bonchev–Trinajstić information content (AvgIpc) is 3.37. The highest BCUT2D eigenvalue weighted by Crippen LogP contribution is 2.39. The fourth-order valence-electron chi connectivity index (χ4n) is 5.04. The van der Waals surface area contributed by atoms with Crippen molar-refractivity contribution in [3.63, 3.8) is 0 Å². The Kier molecular flexibility index (Phi) is 6.46. The van der Waals surface area contributed by atoms with Crippen molar-refractivity contribution in [2.24, 2.45) is 5.92 Å². The zero-order chi connectivity index (χ0) is 23.7. The predicted molar refractivity (Wildman–Crippen MR) is 132 cm³/mol. The number of fused-ring (bicyclic) bond motifs is 1. The molecule has 0 spiro atoms. The molecule has 1 fully saturated rings. The Morgan fingerprint density at radius 1 is 1.03 bits per heavy atom. The summed E-state index contributed by atoms with van der Waals surface area (Å²) in [6.45, 7) is 1.28. The largest absolute Gasteiger partial charge is 0.497 e. The zero-order valence-electron chi connectivity index (χ0n) is 19.1. The van der Waals surface area contributed by atoms with Crippen LogP contribution in [0.5, 0.6) is 5.75 Å². The first-order chi connectivity index (χ1) is 16.5. The minimum absolute atomic E-state index is 0.0420. The van der Waals surface area contributed by atoms with Crippen molar-refractivity contribution in [2.75, 3.05) is 26.7 Å². The molecule has 2 aliphatic rings. The molecule has 5 rings (SSSR count). The molecule has 0 N–H and O–H groups in total. The lowest BCUT2D eigenvalue weighted by molar-refractivity contribution is -0.138. The van der Waals surface area contributed by atoms with Gasteiger partial charge < -0.3 is 9.64 Å². The van der Waals surface area contributed by atoms with Gasteiger partial charge in [-0.15, -0.1) is 11.3 Å². The van der Waals surface area contributed by atoms with E-state index in [2.05, 4.69) is 23.6 Å². The molecule has 0 saturated carbocycles. The first-order valence-corrected chi connectivity index (χ1v) is 13.9. The number of thiophene rings is 1. The third-order valence-corrected chi connectivity index (χ3v) is 9.67. The molecule has 34 heavy (non-hydrogen) atoms. The van der Waals surface area contributed by atoms with Crippen LogP contribution in [0.15, 0.2) is 70.9 Å². The Morgan fingerprint density at radius 2 is 1.79 bits per heavy atom. The zero-order valence-corrected chi connectivity index (χ0v) is 20.7. The van der Waals surface area contributed by atoms with Gasteiger partial charge >= 0.3 is 0 Å². The van der Waals surface area contributed by atoms with Crippen LogP contribution in [-0.4, -0.2) is 50.3 Å². The lowest BCUT2D eigenvalue weighted by Crippen LogP contribution is -2.49. The number of amides is 1. The van der Waals surface area contributed by atoms with Crippen LogP contribution >= 0.6 is 11.3 Å². The van der Waals surface area contributed by atoms with Gasteiger partial charge in [0.15, 0.2) is 0 Å². The van der Waals surface area contributed by atoms with Crippen LogP contribution in [0.1, 0.15) is 34.9 Å². The Balaban J connectivity index is 1.39. The first kappa shape index (κ1) is 23.1. The summed E-state index contributed by atoms with van der Waals surface area (Å²) < 4.78 is 33.2. The van der Waals surface area contributed by atoms with Crippen LogP contribution in [0.25, 0.3) is 0 Å². The lowest BCUT2D eigenvalue weighted by atomic mass is 9.90. The number of rotatable bonds is 5. The van der Waals surface area contributed by atoms with Crippen LogP contribution in [0.4, 0.5) is 0 Å². The normalized spacial score (nSPS) is 21.1. The van der Waals surface area contributed by atoms with E-state index in [9.17, 15) is 13.2 Å². The van der Waals surface area contributed by atoms with Gasteiger partial charge in [-0.2, -0.15) is 4.31 Å². The summed E-state index contributed by atoms with van der Waals surface area (Å²) in [5.41, 5.74) is 2.28. The number of sulfonamides is 1. The second kappa shape index (κ2) is 9.52. The van der Waals surface area contributed by atoms with Crippen molar-refractivity contribution < 1.29 is 17.9 Å². The minimum Gasteiger partial charge on any atom is -0.497 e. The minimum atomic E-state index is -3.68. The van der Waals surface area contributed by atoms with Gasteiger partial charge in [0, 0.05) is 24.5 Å². The fraction of sp³-hybridized carbons (Fsp3) is 0.346. The molecular formula is C26H28N2O4S2. The summed E-state index contributed by atoms with van der Waals surface area (Å²) in [4.78, 5) is 17.4. The highest BCUT2D eigenvalue weighted by molar-refractivity contribution is 7.89. The van der Waals surface area contributed by atoms with E-state index in [-0.39, 0.29) is 29.3 Å². The topological polar surface area (TPSA) is 66.9 Å². The van der Waals surface area contributed by atoms with Gasteiger partial charge in [0.05, 0.1) is 24.0 Å². The molecule has 178 valence electrons. The summed E-state index contributed by atoms with van der Waals surface area (Å²) in [6, 6.07) is 18.5. The number of hydrogen-bond acceptors (Lipinski definition) is 5. The van der Waals surface area contributed by atoms with Crippen LogP contribution < -0.4 is 4.74 Å². The monoisotopic (exact) mass is 496 g/mol. The SMILES string of the molecule is COc1ccc(S(=O)(=O)N2CCCC(C(=O)N3CCc4sccc4C3c3ccccc3)C2)cc1. The maximum atomic E-state index is 13.9. The quantitative estimate of drug-likeness (QED) is 0.527. The molecule has 2 aromatic carbocycles. The van der Waals surface area contributed by atoms with Crippen LogP contribution in [-0.2, 0) is 21.2 Å². The van der Waals surface area contributed by atoms with E-state index in [0.29, 0.717) is 31.7 Å². The molecule has 2 aliphatic heterocycles. The Labute approximate surface area is 204 Å². The van der Waals surface area contributed by atoms with Crippen LogP contribution in [0, 0.1) is 5.92 Å². The van der Waals surface area contributed by atoms with E-state index >= 15 is 0 Å². The fourth-order valence-corrected chi connectivity index (χ4v) is 7.47. The number of carbonyl (C=O) groups excluding carboxylic acids is 1. The van der Waals surface area contributed by atoms with E-state index in [4.69, 9.17) is 4.74 Å². The molecule has 1 saturated heterocycles. The third kappa shape index (κ3) is 4.26. The van der Waals surface area contributed by atoms with Crippen LogP contribution in [0.3, 0.4) is 0 Å². The van der Waals surface area contributed by atoms with Crippen molar-refractivity contribution in [3.05, 3.63) is 82.0 Å². The van der Waals surface area contributed by atoms with E-state index in [0.717, 1.165) is 12.0 Å². The van der Waals surface area contributed by atoms with E-state index in [1.54, 1.807) is 42.7 Å². The number of methoxy groups -OCH3 is 1. The van der Waals surface area contributed by atoms with Gasteiger partial charge in [0.1, 0.15) is 5.75 Å². The molecule has 1 aromatic heterocycles. The van der Waals surface area contributed by atoms with E-state index in [1.165, 1.54) is 14.7 Å². The molecule has 0 radical (unpaired) electrons. The molecular weight excluding hydrogens is 468 g/mol. The molecule has 1 amide bonds. The number of nitrogens with zero attached hydrogens (tertiary/aromatic N) is 2. The number of hydrogen-bond donors (Lipinski definition) is 0. The van der Waals surface area contributed by atoms with Gasteiger partial charge in [-0.05, 0) is 66.1 Å². The summed E-state index contributed by atoms with van der Waals surface area (Å²) >= 11 is 1.74. The second-order valence-electron chi connectivity index (χ2n) is 8.77. The maximum absolute atomic E-state index is 13.9. The Morgan fingerprint density at radius 3 is 2.53 bits per heavy atom. The first-order valence-electron chi connectivity index (χ1n) is 11.5. The van der Waals surface area contributed by atoms with Gasteiger partial charge in [-0.25, -0.2) is 8.42 Å². The highest BCUT2D eigenvalue weighted by Gasteiger charge is 2.39. The second-order valence-corrected chi connectivity index (χ2v) is 11.7. The van der Waals surface area contributed by atoms with E-state index in [1.807, 2.05) is 23.1 Å². The Bertz CT molecular complexity index is 1260. The molecule has 8 heteroatoms. The molecule has 6 nitrogen and oxygen atoms in total. The number of carbonyl (C=O) groups is 1. The number of piperidine rings is 1. The van der Waals surface area contributed by atoms with Crippen molar-refractivity contribution in [3.8, 4) is 5.75 Å². The summed E-state index contributed by atoms with van der Waals surface area (Å²) in [5.74, 6) is 0.295. The third-order valence-electron chi connectivity index (χ3n) is 6.79. The van der Waals surface area contributed by atoms with Crippen molar-refractivity contribution in [2.45, 2.75) is 30.2 Å².